The molecule has 8 rings (SSSR count). The fraction of sp³-hybridized carbons (Fsp3) is 0.149. The van der Waals surface area contributed by atoms with Crippen LogP contribution < -0.4 is 25.8 Å². The second kappa shape index (κ2) is 30.5. The second-order valence-corrected chi connectivity index (χ2v) is 16.6. The summed E-state index contributed by atoms with van der Waals surface area (Å²) in [5.41, 5.74) is 7.40. The van der Waals surface area contributed by atoms with Crippen LogP contribution >= 0.6 is 18.8 Å². The molecule has 6 N–H and O–H groups in total. The Morgan fingerprint density at radius 2 is 0.765 bits per heavy atom. The molecule has 8 aromatic heterocycles. The van der Waals surface area contributed by atoms with Crippen LogP contribution in [0.15, 0.2) is 161 Å². The van der Waals surface area contributed by atoms with Crippen LogP contribution in [0, 0.1) is 0 Å². The van der Waals surface area contributed by atoms with Gasteiger partial charge in [0.2, 0.25) is 0 Å². The Labute approximate surface area is 406 Å². The summed E-state index contributed by atoms with van der Waals surface area (Å²) in [6.07, 6.45) is 12.8. The standard InChI is InChI=1S/2C13H14N2O3.C11H10N2O2.C10H8N2O2.2ClH.Pt/c2*1-17-9-18-11-3-5-15-13(7-11)12-6-10(8-16)2-4-14-12;14-7-8-1-3-12-10(5-8)11-6-9(15)2-4-13-11;13-7-1-3-11-9(5-7)10-6-8(14)2-4-12-10;;;/h2*2-7,16H,8-9H2,1H3;1-6,14H,7H2,(H,13,15);1-6H,(H,11,13)(H,12,14);2*1H;/q;;;;;;+2/p-2. The van der Waals surface area contributed by atoms with E-state index in [0.717, 1.165) is 16.7 Å². The number of methoxy groups -OCH3 is 2. The Bertz CT molecular complexity index is 2780. The molecule has 0 saturated carbocycles. The number of aromatic nitrogens is 8. The van der Waals surface area contributed by atoms with Gasteiger partial charge in [-0.2, -0.15) is 0 Å². The Morgan fingerprint density at radius 3 is 1.12 bits per heavy atom. The van der Waals surface area contributed by atoms with Gasteiger partial charge in [-0.3, -0.25) is 39.3 Å². The molecule has 21 heteroatoms. The van der Waals surface area contributed by atoms with Gasteiger partial charge in [0, 0.05) is 112 Å². The van der Waals surface area contributed by atoms with Gasteiger partial charge in [-0.05, 0) is 65.2 Å². The number of aliphatic hydroxyl groups excluding tert-OH is 3. The number of aromatic amines is 3. The van der Waals surface area contributed by atoms with Crippen LogP contribution in [-0.4, -0.2) is 83.0 Å². The van der Waals surface area contributed by atoms with E-state index in [1.54, 1.807) is 124 Å². The van der Waals surface area contributed by atoms with Gasteiger partial charge in [0.25, 0.3) is 0 Å². The molecule has 0 aromatic carbocycles. The summed E-state index contributed by atoms with van der Waals surface area (Å²) in [7, 11) is 12.9. The molecular weight excluding hydrogens is 1100 g/mol. The number of nitrogens with zero attached hydrogens (tertiary/aromatic N) is 5. The van der Waals surface area contributed by atoms with Crippen molar-refractivity contribution in [3.63, 3.8) is 0 Å². The van der Waals surface area contributed by atoms with Gasteiger partial charge in [-0.25, -0.2) is 0 Å². The molecule has 0 aliphatic rings. The van der Waals surface area contributed by atoms with E-state index in [4.69, 9.17) is 53.1 Å². The van der Waals surface area contributed by atoms with Crippen molar-refractivity contribution in [1.29, 1.82) is 0 Å². The zero-order valence-corrected chi connectivity index (χ0v) is 40.2. The van der Waals surface area contributed by atoms with Gasteiger partial charge in [0.15, 0.2) is 29.9 Å². The monoisotopic (exact) mass is 1150 g/mol. The van der Waals surface area contributed by atoms with Gasteiger partial charge in [0.1, 0.15) is 11.5 Å². The predicted octanol–water partition coefficient (Wildman–Crippen LogP) is 6.27. The summed E-state index contributed by atoms with van der Waals surface area (Å²) in [4.78, 5) is 62.9. The molecular formula is C47H46Cl2N8O10Pt. The summed E-state index contributed by atoms with van der Waals surface area (Å²) >= 11 is -0.472. The molecule has 0 bridgehead atoms. The van der Waals surface area contributed by atoms with Crippen molar-refractivity contribution >= 4 is 18.8 Å². The van der Waals surface area contributed by atoms with Gasteiger partial charge in [-0.15, -0.1) is 0 Å². The van der Waals surface area contributed by atoms with Gasteiger partial charge >= 0.3 is 35.3 Å². The molecule has 0 atom stereocenters. The number of H-pyrrole nitrogens is 3. The SMILES string of the molecule is COCOc1ccnc(-c2cc(CO)ccn2)c1.COCOc1ccnc(-c2cc(CO)ccn2)c1.O=c1cc[nH]c(-c2cc(=O)cc[nH]2)c1.O=c1cc[nH]c(-c2cc(CO)ccn2)c1.[Cl][Pt][Cl]. The van der Waals surface area contributed by atoms with Crippen molar-refractivity contribution < 1.29 is 50.7 Å². The summed E-state index contributed by atoms with van der Waals surface area (Å²) in [5.74, 6) is 1.33. The molecule has 0 saturated heterocycles. The van der Waals surface area contributed by atoms with Crippen molar-refractivity contribution in [1.82, 2.24) is 39.9 Å². The summed E-state index contributed by atoms with van der Waals surface area (Å²) in [6, 6.07) is 26.3. The molecule has 0 fully saturated rings. The zero-order valence-electron chi connectivity index (χ0n) is 36.4. The molecule has 68 heavy (non-hydrogen) atoms. The first-order chi connectivity index (χ1) is 33.1. The molecule has 358 valence electrons. The minimum absolute atomic E-state index is 0.0185. The van der Waals surface area contributed by atoms with E-state index in [-0.39, 0.29) is 49.7 Å². The number of nitrogens with one attached hydrogen (secondary N) is 3. The minimum atomic E-state index is -0.472. The van der Waals surface area contributed by atoms with Gasteiger partial charge < -0.3 is 49.2 Å². The topological polar surface area (TPSA) is 261 Å². The predicted molar refractivity (Wildman–Crippen MR) is 253 cm³/mol. The Balaban J connectivity index is 0.000000195. The maximum atomic E-state index is 11.1. The first-order valence-electron chi connectivity index (χ1n) is 19.9. The number of halogens is 2. The number of ether oxygens (including phenoxy) is 4. The third kappa shape index (κ3) is 18.9. The number of aliphatic hydroxyl groups is 3. The second-order valence-electron chi connectivity index (χ2n) is 13.3. The number of hydrogen-bond acceptors (Lipinski definition) is 15. The van der Waals surface area contributed by atoms with Gasteiger partial charge in [0.05, 0.1) is 65.4 Å². The molecule has 8 heterocycles. The van der Waals surface area contributed by atoms with Crippen LogP contribution in [0.3, 0.4) is 0 Å². The summed E-state index contributed by atoms with van der Waals surface area (Å²) in [6.45, 7) is 0.304. The van der Waals surface area contributed by atoms with Crippen LogP contribution in [0.4, 0.5) is 0 Å². The third-order valence-electron chi connectivity index (χ3n) is 8.58. The van der Waals surface area contributed by atoms with Crippen molar-refractivity contribution in [3.05, 3.63) is 194 Å². The quantitative estimate of drug-likeness (QED) is 0.0695. The van der Waals surface area contributed by atoms with Crippen molar-refractivity contribution in [2.45, 2.75) is 19.8 Å². The summed E-state index contributed by atoms with van der Waals surface area (Å²) in [5, 5.41) is 27.1. The van der Waals surface area contributed by atoms with E-state index in [2.05, 4.69) is 39.9 Å². The van der Waals surface area contributed by atoms with Crippen LogP contribution in [-0.2, 0) is 45.8 Å². The van der Waals surface area contributed by atoms with Gasteiger partial charge in [-0.1, -0.05) is 0 Å². The Morgan fingerprint density at radius 1 is 0.456 bits per heavy atom. The molecule has 0 unspecified atom stereocenters. The van der Waals surface area contributed by atoms with E-state index in [0.29, 0.717) is 57.1 Å². The molecule has 0 aliphatic heterocycles. The van der Waals surface area contributed by atoms with E-state index >= 15 is 0 Å². The van der Waals surface area contributed by atoms with E-state index in [1.165, 1.54) is 36.4 Å². The fourth-order valence-corrected chi connectivity index (χ4v) is 5.48. The zero-order chi connectivity index (χ0) is 48.9. The Kier molecular flexibility index (Phi) is 24.2. The first-order valence-corrected chi connectivity index (χ1v) is 25.5. The molecule has 0 aliphatic carbocycles. The van der Waals surface area contributed by atoms with Crippen LogP contribution in [0.1, 0.15) is 16.7 Å². The first kappa shape index (κ1) is 53.9. The number of hydrogen-bond donors (Lipinski definition) is 6. The Hall–Kier alpha value is -6.73. The normalized spacial score (nSPS) is 10.1. The fourth-order valence-electron chi connectivity index (χ4n) is 5.48. The molecule has 0 amide bonds. The molecule has 0 radical (unpaired) electrons. The van der Waals surface area contributed by atoms with Crippen molar-refractivity contribution in [3.8, 4) is 57.1 Å². The average molecular weight is 1150 g/mol. The number of rotatable bonds is 13. The van der Waals surface area contributed by atoms with E-state index in [1.807, 2.05) is 0 Å². The molecule has 18 nitrogen and oxygen atoms in total. The maximum absolute atomic E-state index is 11.1. The third-order valence-corrected chi connectivity index (χ3v) is 8.58. The van der Waals surface area contributed by atoms with E-state index < -0.39 is 16.5 Å². The average Bonchev–Trinajstić information content (AvgIpc) is 3.38. The molecule has 0 spiro atoms. The van der Waals surface area contributed by atoms with Crippen LogP contribution in [0.5, 0.6) is 11.5 Å². The van der Waals surface area contributed by atoms with Crippen molar-refractivity contribution in [2.24, 2.45) is 0 Å². The van der Waals surface area contributed by atoms with Crippen molar-refractivity contribution in [2.75, 3.05) is 27.8 Å². The van der Waals surface area contributed by atoms with E-state index in [9.17, 15) is 14.4 Å². The molecule has 8 aromatic rings. The number of pyridine rings is 8. The summed E-state index contributed by atoms with van der Waals surface area (Å²) < 4.78 is 20.3. The van der Waals surface area contributed by atoms with Crippen LogP contribution in [0.2, 0.25) is 0 Å². The van der Waals surface area contributed by atoms with Crippen LogP contribution in [0.25, 0.3) is 45.6 Å².